The molecule has 1 fully saturated rings. The van der Waals surface area contributed by atoms with Crippen molar-refractivity contribution in [2.75, 3.05) is 26.2 Å². The lowest BCUT2D eigenvalue weighted by molar-refractivity contribution is 0.0934. The number of phenolic OH excluding ortho intramolecular Hbond substituents is 1. The molecule has 0 radical (unpaired) electrons. The largest absolute Gasteiger partial charge is 0.508 e. The highest BCUT2D eigenvalue weighted by atomic mass is 35.5. The van der Waals surface area contributed by atoms with Crippen LogP contribution in [0.15, 0.2) is 107 Å². The maximum Gasteiger partial charge on any atom is 0.251 e. The number of allylic oxidation sites excluding steroid dienone is 4. The molecule has 1 saturated heterocycles. The quantitative estimate of drug-likeness (QED) is 0.201. The molecular weight excluding hydrogens is 613 g/mol. The summed E-state index contributed by atoms with van der Waals surface area (Å²) in [5.41, 5.74) is 5.28. The molecule has 1 amide bonds. The minimum atomic E-state index is -0.278. The standard InChI is InChI=1S/C36H41Cl2N3O2.C3H8/c1-5-12-32(34(38)25(4)37)40-19-21-41(22-20-40)35(28-15-11-16-29(23-28)36(43)39-30(6-2)7-3)31-24-27(17-18-33(31)42)26-13-9-8-10-14-26;1-3-2/h5,8-18,23-24,30,35,42H,4,6-7,19-22H2,1-3H3,(H,39,43);3H2,1-2H3/b12-5-,34-32-;. The van der Waals surface area contributed by atoms with E-state index in [0.717, 1.165) is 40.8 Å². The van der Waals surface area contributed by atoms with Gasteiger partial charge in [0.1, 0.15) is 5.75 Å². The van der Waals surface area contributed by atoms with Gasteiger partial charge in [-0.3, -0.25) is 9.69 Å². The van der Waals surface area contributed by atoms with Crippen molar-refractivity contribution in [3.05, 3.63) is 124 Å². The van der Waals surface area contributed by atoms with Crippen LogP contribution >= 0.6 is 23.2 Å². The van der Waals surface area contributed by atoms with Crippen LogP contribution in [-0.2, 0) is 0 Å². The van der Waals surface area contributed by atoms with E-state index < -0.39 is 0 Å². The summed E-state index contributed by atoms with van der Waals surface area (Å²) in [6.07, 6.45) is 6.90. The molecule has 5 nitrogen and oxygen atoms in total. The molecule has 246 valence electrons. The Morgan fingerprint density at radius 1 is 0.913 bits per heavy atom. The first kappa shape index (κ1) is 37.0. The fourth-order valence-electron chi connectivity index (χ4n) is 5.62. The van der Waals surface area contributed by atoms with Gasteiger partial charge in [-0.05, 0) is 66.8 Å². The number of aromatic hydroxyl groups is 1. The van der Waals surface area contributed by atoms with Crippen LogP contribution in [0.4, 0.5) is 0 Å². The zero-order valence-corrected chi connectivity index (χ0v) is 29.4. The molecule has 3 aromatic rings. The van der Waals surface area contributed by atoms with Gasteiger partial charge >= 0.3 is 0 Å². The molecule has 4 rings (SSSR count). The van der Waals surface area contributed by atoms with E-state index in [4.69, 9.17) is 23.2 Å². The van der Waals surface area contributed by atoms with E-state index in [9.17, 15) is 9.90 Å². The highest BCUT2D eigenvalue weighted by Gasteiger charge is 2.30. The Bertz CT molecular complexity index is 1490. The Kier molecular flexibility index (Phi) is 14.9. The third-order valence-electron chi connectivity index (χ3n) is 8.02. The van der Waals surface area contributed by atoms with Gasteiger partial charge in [-0.2, -0.15) is 0 Å². The van der Waals surface area contributed by atoms with E-state index in [-0.39, 0.29) is 23.7 Å². The Hall–Kier alpha value is -3.51. The van der Waals surface area contributed by atoms with E-state index in [2.05, 4.69) is 67.6 Å². The van der Waals surface area contributed by atoms with Crippen molar-refractivity contribution >= 4 is 29.1 Å². The number of rotatable bonds is 11. The number of phenols is 1. The Morgan fingerprint density at radius 2 is 1.57 bits per heavy atom. The topological polar surface area (TPSA) is 55.8 Å². The summed E-state index contributed by atoms with van der Waals surface area (Å²) in [4.78, 5) is 17.8. The zero-order chi connectivity index (χ0) is 33.6. The molecule has 3 aromatic carbocycles. The Morgan fingerprint density at radius 3 is 2.15 bits per heavy atom. The van der Waals surface area contributed by atoms with Crippen LogP contribution < -0.4 is 5.32 Å². The number of hydrogen-bond donors (Lipinski definition) is 2. The van der Waals surface area contributed by atoms with Crippen LogP contribution in [0.25, 0.3) is 11.1 Å². The van der Waals surface area contributed by atoms with Crippen LogP contribution in [0, 0.1) is 0 Å². The SMILES string of the molecule is C=C(Cl)/C(Cl)=C(\C=C/C)N1CCN(C(c2cccc(C(=O)NC(CC)CC)c2)c2cc(-c3ccccc3)ccc2O)CC1.CCC. The molecule has 1 aliphatic rings. The lowest BCUT2D eigenvalue weighted by Gasteiger charge is -2.41. The van der Waals surface area contributed by atoms with Crippen molar-refractivity contribution in [2.24, 2.45) is 0 Å². The van der Waals surface area contributed by atoms with E-state index in [1.165, 1.54) is 6.42 Å². The molecule has 1 atom stereocenters. The van der Waals surface area contributed by atoms with Crippen molar-refractivity contribution in [1.82, 2.24) is 15.1 Å². The smallest absolute Gasteiger partial charge is 0.251 e. The van der Waals surface area contributed by atoms with Gasteiger partial charge in [-0.1, -0.05) is 119 Å². The van der Waals surface area contributed by atoms with Gasteiger partial charge in [0.05, 0.1) is 21.8 Å². The molecule has 1 heterocycles. The molecule has 7 heteroatoms. The third-order valence-corrected chi connectivity index (χ3v) is 8.73. The molecule has 0 spiro atoms. The fourth-order valence-corrected chi connectivity index (χ4v) is 5.90. The van der Waals surface area contributed by atoms with Gasteiger partial charge in [0.25, 0.3) is 5.91 Å². The number of piperazine rings is 1. The monoisotopic (exact) mass is 661 g/mol. The van der Waals surface area contributed by atoms with Gasteiger partial charge in [-0.15, -0.1) is 0 Å². The number of nitrogens with one attached hydrogen (secondary N) is 1. The molecule has 0 bridgehead atoms. The summed E-state index contributed by atoms with van der Waals surface area (Å²) in [6.45, 7) is 17.0. The third kappa shape index (κ3) is 9.75. The molecule has 0 aromatic heterocycles. The van der Waals surface area contributed by atoms with Crippen molar-refractivity contribution in [2.45, 2.75) is 66.0 Å². The summed E-state index contributed by atoms with van der Waals surface area (Å²) in [6, 6.07) is 23.6. The van der Waals surface area contributed by atoms with Gasteiger partial charge in [0.2, 0.25) is 0 Å². The predicted molar refractivity (Wildman–Crippen MR) is 195 cm³/mol. The van der Waals surface area contributed by atoms with Gasteiger partial charge in [0.15, 0.2) is 0 Å². The average molecular weight is 663 g/mol. The van der Waals surface area contributed by atoms with E-state index >= 15 is 0 Å². The van der Waals surface area contributed by atoms with Crippen LogP contribution in [-0.4, -0.2) is 53.0 Å². The highest BCUT2D eigenvalue weighted by Crippen LogP contribution is 2.38. The van der Waals surface area contributed by atoms with E-state index in [1.807, 2.05) is 67.6 Å². The first-order valence-electron chi connectivity index (χ1n) is 16.3. The zero-order valence-electron chi connectivity index (χ0n) is 27.9. The minimum Gasteiger partial charge on any atom is -0.508 e. The fraction of sp³-hybridized carbons (Fsp3) is 0.359. The number of carbonyl (C=O) groups is 1. The number of halogens is 2. The van der Waals surface area contributed by atoms with Crippen LogP contribution in [0.1, 0.15) is 81.4 Å². The van der Waals surface area contributed by atoms with Crippen LogP contribution in [0.2, 0.25) is 0 Å². The summed E-state index contributed by atoms with van der Waals surface area (Å²) in [5.74, 6) is 0.133. The number of amides is 1. The maximum atomic E-state index is 13.2. The van der Waals surface area contributed by atoms with Crippen molar-refractivity contribution in [3.8, 4) is 16.9 Å². The normalized spacial score (nSPS) is 14.8. The summed E-state index contributed by atoms with van der Waals surface area (Å²) < 4.78 is 0. The number of nitrogens with zero attached hydrogens (tertiary/aromatic N) is 2. The minimum absolute atomic E-state index is 0.0848. The van der Waals surface area contributed by atoms with Gasteiger partial charge < -0.3 is 15.3 Å². The second-order valence-corrected chi connectivity index (χ2v) is 12.3. The molecule has 1 unspecified atom stereocenters. The van der Waals surface area contributed by atoms with E-state index in [0.29, 0.717) is 41.8 Å². The van der Waals surface area contributed by atoms with Crippen LogP contribution in [0.5, 0.6) is 5.75 Å². The Balaban J connectivity index is 0.00000185. The van der Waals surface area contributed by atoms with Crippen molar-refractivity contribution in [3.63, 3.8) is 0 Å². The number of hydrogen-bond acceptors (Lipinski definition) is 4. The van der Waals surface area contributed by atoms with Crippen molar-refractivity contribution < 1.29 is 9.90 Å². The predicted octanol–water partition coefficient (Wildman–Crippen LogP) is 9.88. The summed E-state index contributed by atoms with van der Waals surface area (Å²) in [5, 5.41) is 15.2. The summed E-state index contributed by atoms with van der Waals surface area (Å²) in [7, 11) is 0. The number of carbonyl (C=O) groups excluding carboxylic acids is 1. The van der Waals surface area contributed by atoms with Gasteiger partial charge in [0, 0.05) is 43.3 Å². The first-order chi connectivity index (χ1) is 22.2. The molecule has 0 aliphatic carbocycles. The molecule has 46 heavy (non-hydrogen) atoms. The second kappa shape index (κ2) is 18.6. The molecular formula is C39H49Cl2N3O2. The van der Waals surface area contributed by atoms with Crippen molar-refractivity contribution in [1.29, 1.82) is 0 Å². The first-order valence-corrected chi connectivity index (χ1v) is 17.1. The van der Waals surface area contributed by atoms with Crippen LogP contribution in [0.3, 0.4) is 0 Å². The molecule has 1 aliphatic heterocycles. The molecule has 2 N–H and O–H groups in total. The van der Waals surface area contributed by atoms with Gasteiger partial charge in [-0.25, -0.2) is 0 Å². The lowest BCUT2D eigenvalue weighted by Crippen LogP contribution is -2.47. The lowest BCUT2D eigenvalue weighted by atomic mass is 9.91. The number of benzene rings is 3. The van der Waals surface area contributed by atoms with E-state index in [1.54, 1.807) is 6.07 Å². The second-order valence-electron chi connectivity index (χ2n) is 11.5. The average Bonchev–Trinajstić information content (AvgIpc) is 3.08. The highest BCUT2D eigenvalue weighted by molar-refractivity contribution is 6.44. The Labute approximate surface area is 286 Å². The maximum absolute atomic E-state index is 13.2. The summed E-state index contributed by atoms with van der Waals surface area (Å²) >= 11 is 12.7. The molecule has 0 saturated carbocycles.